The number of rotatable bonds is 0. The van der Waals surface area contributed by atoms with E-state index in [1.165, 1.54) is 22.0 Å². The van der Waals surface area contributed by atoms with Gasteiger partial charge in [0.2, 0.25) is 0 Å². The minimum absolute atomic E-state index is 0. The summed E-state index contributed by atoms with van der Waals surface area (Å²) in [6.45, 7) is 0. The predicted molar refractivity (Wildman–Crippen MR) is 56.5 cm³/mol. The Balaban J connectivity index is 0.000000750. The molecule has 0 bridgehead atoms. The van der Waals surface area contributed by atoms with Gasteiger partial charge in [-0.1, -0.05) is 24.3 Å². The first-order valence-corrected chi connectivity index (χ1v) is 4.48. The van der Waals surface area contributed by atoms with Crippen molar-refractivity contribution >= 4 is 22.5 Å². The van der Waals surface area contributed by atoms with Crippen LogP contribution in [0.5, 0.6) is 0 Å². The second kappa shape index (κ2) is 3.25. The van der Waals surface area contributed by atoms with Crippen molar-refractivity contribution in [3.8, 4) is 0 Å². The molecule has 0 saturated heterocycles. The van der Waals surface area contributed by atoms with Crippen molar-refractivity contribution in [1.29, 1.82) is 0 Å². The molecule has 0 fully saturated rings. The van der Waals surface area contributed by atoms with Gasteiger partial charge in [0.1, 0.15) is 5.69 Å². The van der Waals surface area contributed by atoms with Crippen LogP contribution in [0.1, 0.15) is 5.56 Å². The highest BCUT2D eigenvalue weighted by Gasteiger charge is 2.11. The van der Waals surface area contributed by atoms with E-state index in [1.54, 1.807) is 0 Å². The van der Waals surface area contributed by atoms with Crippen LogP contribution in [0.15, 0.2) is 42.6 Å². The van der Waals surface area contributed by atoms with E-state index >= 15 is 0 Å². The highest BCUT2D eigenvalue weighted by molar-refractivity contribution is 5.94. The molecule has 0 radical (unpaired) electrons. The van der Waals surface area contributed by atoms with E-state index in [0.29, 0.717) is 0 Å². The minimum atomic E-state index is 0. The second-order valence-corrected chi connectivity index (χ2v) is 3.32. The summed E-state index contributed by atoms with van der Waals surface area (Å²) in [5.41, 5.74) is 2.69. The van der Waals surface area contributed by atoms with Crippen LogP contribution < -0.4 is 5.32 Å². The fourth-order valence-electron chi connectivity index (χ4n) is 1.89. The lowest BCUT2D eigenvalue weighted by atomic mass is 10.0. The van der Waals surface area contributed by atoms with E-state index in [2.05, 4.69) is 54.0 Å². The summed E-state index contributed by atoms with van der Waals surface area (Å²) in [5, 5.41) is 4.83. The molecule has 1 aliphatic rings. The molecule has 0 amide bonds. The lowest BCUT2D eigenvalue weighted by Gasteiger charge is -2.00. The predicted octanol–water partition coefficient (Wildman–Crippen LogP) is 1.84. The molecular formula is C12H11NO. The van der Waals surface area contributed by atoms with Gasteiger partial charge in [-0.25, -0.2) is 0 Å². The van der Waals surface area contributed by atoms with E-state index in [4.69, 9.17) is 0 Å². The topological polar surface area (TPSA) is 46.6 Å². The molecule has 1 aliphatic heterocycles. The normalized spacial score (nSPS) is 12.6. The van der Waals surface area contributed by atoms with Gasteiger partial charge in [0, 0.05) is 17.7 Å². The van der Waals surface area contributed by atoms with E-state index in [9.17, 15) is 0 Å². The van der Waals surface area contributed by atoms with E-state index in [0.717, 1.165) is 0 Å². The Morgan fingerprint density at radius 2 is 1.79 bits per heavy atom. The molecule has 0 spiro atoms. The van der Waals surface area contributed by atoms with Crippen LogP contribution in [0, 0.1) is 0 Å². The van der Waals surface area contributed by atoms with Gasteiger partial charge < -0.3 is 5.48 Å². The smallest absolute Gasteiger partial charge is 0.142 e. The SMILES string of the molecule is C1=Cc2c(ccc3ccccc23)[NH2+]1.[OH-]. The summed E-state index contributed by atoms with van der Waals surface area (Å²) in [4.78, 5) is 0. The van der Waals surface area contributed by atoms with Gasteiger partial charge in [-0.3, -0.25) is 5.32 Å². The van der Waals surface area contributed by atoms with Gasteiger partial charge in [-0.2, -0.15) is 0 Å². The number of fused-ring (bicyclic) bond motifs is 3. The van der Waals surface area contributed by atoms with Crippen molar-refractivity contribution < 1.29 is 10.8 Å². The third kappa shape index (κ3) is 1.13. The number of benzene rings is 2. The summed E-state index contributed by atoms with van der Waals surface area (Å²) < 4.78 is 0. The first kappa shape index (κ1) is 8.94. The monoisotopic (exact) mass is 185 g/mol. The maximum Gasteiger partial charge on any atom is 0.142 e. The molecule has 0 unspecified atom stereocenters. The third-order valence-electron chi connectivity index (χ3n) is 2.54. The molecule has 1 heterocycles. The molecule has 0 atom stereocenters. The van der Waals surface area contributed by atoms with Crippen LogP contribution in [0.4, 0.5) is 5.69 Å². The summed E-state index contributed by atoms with van der Waals surface area (Å²) in [5.74, 6) is 0. The van der Waals surface area contributed by atoms with Crippen LogP contribution in [0.25, 0.3) is 16.8 Å². The second-order valence-electron chi connectivity index (χ2n) is 3.32. The molecule has 2 heteroatoms. The molecular weight excluding hydrogens is 174 g/mol. The van der Waals surface area contributed by atoms with Crippen molar-refractivity contribution in [2.45, 2.75) is 0 Å². The number of quaternary nitrogens is 1. The van der Waals surface area contributed by atoms with Crippen LogP contribution in [0.3, 0.4) is 0 Å². The molecule has 3 rings (SSSR count). The molecule has 2 nitrogen and oxygen atoms in total. The average molecular weight is 185 g/mol. The molecule has 2 aromatic rings. The van der Waals surface area contributed by atoms with Gasteiger partial charge in [-0.05, 0) is 16.8 Å². The first-order chi connectivity index (χ1) is 6.45. The first-order valence-electron chi connectivity index (χ1n) is 4.48. The van der Waals surface area contributed by atoms with Crippen LogP contribution in [-0.2, 0) is 0 Å². The Hall–Kier alpha value is -1.64. The lowest BCUT2D eigenvalue weighted by Crippen LogP contribution is -2.69. The molecule has 3 N–H and O–H groups in total. The van der Waals surface area contributed by atoms with Crippen molar-refractivity contribution in [2.75, 3.05) is 0 Å². The van der Waals surface area contributed by atoms with Crippen LogP contribution in [0.2, 0.25) is 0 Å². The average Bonchev–Trinajstić information content (AvgIpc) is 2.65. The van der Waals surface area contributed by atoms with Crippen molar-refractivity contribution in [1.82, 2.24) is 0 Å². The van der Waals surface area contributed by atoms with Gasteiger partial charge >= 0.3 is 0 Å². The molecule has 2 aromatic carbocycles. The summed E-state index contributed by atoms with van der Waals surface area (Å²) >= 11 is 0. The third-order valence-corrected chi connectivity index (χ3v) is 2.54. The highest BCUT2D eigenvalue weighted by Crippen LogP contribution is 2.26. The molecule has 14 heavy (non-hydrogen) atoms. The number of nitrogens with two attached hydrogens (primary N) is 1. The minimum Gasteiger partial charge on any atom is -0.870 e. The maximum absolute atomic E-state index is 2.18. The summed E-state index contributed by atoms with van der Waals surface area (Å²) in [6.07, 6.45) is 4.29. The van der Waals surface area contributed by atoms with Crippen molar-refractivity contribution in [2.24, 2.45) is 0 Å². The van der Waals surface area contributed by atoms with Crippen molar-refractivity contribution in [3.63, 3.8) is 0 Å². The molecule has 0 saturated carbocycles. The van der Waals surface area contributed by atoms with E-state index in [1.807, 2.05) is 0 Å². The Morgan fingerprint density at radius 1 is 0.929 bits per heavy atom. The Kier molecular flexibility index (Phi) is 2.08. The fraction of sp³-hybridized carbons (Fsp3) is 0. The lowest BCUT2D eigenvalue weighted by molar-refractivity contribution is -0.491. The summed E-state index contributed by atoms with van der Waals surface area (Å²) in [6, 6.07) is 12.9. The zero-order valence-corrected chi connectivity index (χ0v) is 7.64. The van der Waals surface area contributed by atoms with E-state index in [-0.39, 0.29) is 5.48 Å². The highest BCUT2D eigenvalue weighted by atomic mass is 16.0. The van der Waals surface area contributed by atoms with Gasteiger partial charge in [0.15, 0.2) is 0 Å². The number of hydrogen-bond acceptors (Lipinski definition) is 1. The molecule has 0 aromatic heterocycles. The Bertz CT molecular complexity index is 503. The Labute approximate surface area is 82.2 Å². The molecule has 70 valence electrons. The van der Waals surface area contributed by atoms with Gasteiger partial charge in [0.05, 0.1) is 6.20 Å². The zero-order valence-electron chi connectivity index (χ0n) is 7.64. The molecule has 0 aliphatic carbocycles. The van der Waals surface area contributed by atoms with Gasteiger partial charge in [0.25, 0.3) is 0 Å². The largest absolute Gasteiger partial charge is 0.870 e. The summed E-state index contributed by atoms with van der Waals surface area (Å²) in [7, 11) is 0. The quantitative estimate of drug-likeness (QED) is 0.625. The zero-order chi connectivity index (χ0) is 8.67. The standard InChI is InChI=1S/C12H9N.H2O/c1-2-4-10-9(3-1)5-6-12-11(10)7-8-13-12;/h1-8,13H;1H2. The Morgan fingerprint density at radius 3 is 2.71 bits per heavy atom. The van der Waals surface area contributed by atoms with Crippen LogP contribution >= 0.6 is 0 Å². The maximum atomic E-state index is 2.18. The number of hydrogen-bond donors (Lipinski definition) is 1. The van der Waals surface area contributed by atoms with E-state index < -0.39 is 0 Å². The van der Waals surface area contributed by atoms with Gasteiger partial charge in [-0.15, -0.1) is 0 Å². The van der Waals surface area contributed by atoms with Crippen molar-refractivity contribution in [3.05, 3.63) is 48.2 Å². The van der Waals surface area contributed by atoms with Crippen LogP contribution in [-0.4, -0.2) is 5.48 Å². The fourth-order valence-corrected chi connectivity index (χ4v) is 1.89.